The summed E-state index contributed by atoms with van der Waals surface area (Å²) in [5.41, 5.74) is 0. The summed E-state index contributed by atoms with van der Waals surface area (Å²) in [6, 6.07) is 6.25. The van der Waals surface area contributed by atoms with Gasteiger partial charge in [-0.05, 0) is 25.0 Å². The van der Waals surface area contributed by atoms with E-state index in [1.54, 1.807) is 39.9 Å². The van der Waals surface area contributed by atoms with Crippen molar-refractivity contribution < 1.29 is 18.7 Å². The van der Waals surface area contributed by atoms with E-state index in [0.717, 1.165) is 12.8 Å². The topological polar surface area (TPSA) is 53.1 Å². The minimum absolute atomic E-state index is 0.0285. The van der Waals surface area contributed by atoms with Gasteiger partial charge in [-0.25, -0.2) is 9.18 Å². The van der Waals surface area contributed by atoms with Gasteiger partial charge in [0.2, 0.25) is 5.91 Å². The Balaban J connectivity index is 1.50. The molecule has 1 aromatic carbocycles. The number of amides is 3. The molecule has 7 heteroatoms. The average Bonchev–Trinajstić information content (AvgIpc) is 2.93. The van der Waals surface area contributed by atoms with Crippen molar-refractivity contribution in [1.82, 2.24) is 14.7 Å². The molecule has 0 N–H and O–H groups in total. The Bertz CT molecular complexity index is 640. The SMILES string of the molecule is CN1CCN(CC(=O)N2CCCC(COc3ccccc3F)C2)C1=O. The number of urea groups is 1. The van der Waals surface area contributed by atoms with E-state index in [1.807, 2.05) is 0 Å². The summed E-state index contributed by atoms with van der Waals surface area (Å²) in [5.74, 6) is 0.0214. The lowest BCUT2D eigenvalue weighted by atomic mass is 9.99. The molecule has 0 aromatic heterocycles. The number of likely N-dealkylation sites (tertiary alicyclic amines) is 1. The van der Waals surface area contributed by atoms with Crippen LogP contribution in [0.4, 0.5) is 9.18 Å². The summed E-state index contributed by atoms with van der Waals surface area (Å²) in [4.78, 5) is 29.4. The van der Waals surface area contributed by atoms with Gasteiger partial charge in [-0.2, -0.15) is 0 Å². The fraction of sp³-hybridized carbons (Fsp3) is 0.556. The average molecular weight is 349 g/mol. The highest BCUT2D eigenvalue weighted by Gasteiger charge is 2.30. The summed E-state index contributed by atoms with van der Waals surface area (Å²) < 4.78 is 19.2. The van der Waals surface area contributed by atoms with Crippen molar-refractivity contribution >= 4 is 11.9 Å². The van der Waals surface area contributed by atoms with Crippen LogP contribution in [0.1, 0.15) is 12.8 Å². The van der Waals surface area contributed by atoms with Crippen LogP contribution in [0.2, 0.25) is 0 Å². The Hall–Kier alpha value is -2.31. The van der Waals surface area contributed by atoms with Crippen LogP contribution in [0.15, 0.2) is 24.3 Å². The van der Waals surface area contributed by atoms with Crippen LogP contribution in [0.3, 0.4) is 0 Å². The second-order valence-corrected chi connectivity index (χ2v) is 6.72. The molecule has 3 amide bonds. The van der Waals surface area contributed by atoms with Crippen LogP contribution in [-0.2, 0) is 4.79 Å². The molecule has 2 aliphatic rings. The molecule has 0 saturated carbocycles. The van der Waals surface area contributed by atoms with Gasteiger partial charge in [0.1, 0.15) is 6.54 Å². The first-order valence-electron chi connectivity index (χ1n) is 8.69. The van der Waals surface area contributed by atoms with Crippen molar-refractivity contribution in [3.05, 3.63) is 30.1 Å². The van der Waals surface area contributed by atoms with Gasteiger partial charge >= 0.3 is 6.03 Å². The zero-order valence-corrected chi connectivity index (χ0v) is 14.5. The molecule has 2 aliphatic heterocycles. The van der Waals surface area contributed by atoms with Crippen LogP contribution in [-0.4, -0.2) is 73.0 Å². The highest BCUT2D eigenvalue weighted by molar-refractivity contribution is 5.85. The number of likely N-dealkylation sites (N-methyl/N-ethyl adjacent to an activating group) is 1. The molecular formula is C18H24FN3O3. The van der Waals surface area contributed by atoms with Gasteiger partial charge in [0, 0.05) is 39.1 Å². The fourth-order valence-electron chi connectivity index (χ4n) is 3.31. The number of piperidine rings is 1. The zero-order chi connectivity index (χ0) is 17.8. The Kier molecular flexibility index (Phi) is 5.40. The van der Waals surface area contributed by atoms with Crippen molar-refractivity contribution in [3.63, 3.8) is 0 Å². The van der Waals surface area contributed by atoms with E-state index in [1.165, 1.54) is 6.07 Å². The van der Waals surface area contributed by atoms with Crippen molar-refractivity contribution in [2.75, 3.05) is 46.4 Å². The lowest BCUT2D eigenvalue weighted by Crippen LogP contribution is -2.46. The van der Waals surface area contributed by atoms with E-state index >= 15 is 0 Å². The zero-order valence-electron chi connectivity index (χ0n) is 14.5. The first-order chi connectivity index (χ1) is 12.0. The molecule has 0 bridgehead atoms. The number of hydrogen-bond donors (Lipinski definition) is 0. The van der Waals surface area contributed by atoms with Gasteiger partial charge in [-0.1, -0.05) is 12.1 Å². The van der Waals surface area contributed by atoms with E-state index < -0.39 is 0 Å². The third-order valence-electron chi connectivity index (χ3n) is 4.81. The quantitative estimate of drug-likeness (QED) is 0.815. The second-order valence-electron chi connectivity index (χ2n) is 6.72. The Morgan fingerprint density at radius 2 is 2.08 bits per heavy atom. The van der Waals surface area contributed by atoms with Crippen molar-refractivity contribution in [2.45, 2.75) is 12.8 Å². The first kappa shape index (κ1) is 17.5. The third kappa shape index (κ3) is 4.21. The fourth-order valence-corrected chi connectivity index (χ4v) is 3.31. The summed E-state index contributed by atoms with van der Waals surface area (Å²) in [7, 11) is 1.74. The van der Waals surface area contributed by atoms with Gasteiger partial charge < -0.3 is 19.4 Å². The Labute approximate surface area is 147 Å². The monoisotopic (exact) mass is 349 g/mol. The van der Waals surface area contributed by atoms with E-state index in [4.69, 9.17) is 4.74 Å². The van der Waals surface area contributed by atoms with Gasteiger partial charge in [-0.15, -0.1) is 0 Å². The minimum atomic E-state index is -0.372. The normalized spacial score (nSPS) is 21.0. The molecule has 2 saturated heterocycles. The predicted molar refractivity (Wildman–Crippen MR) is 90.8 cm³/mol. The molecule has 1 unspecified atom stereocenters. The molecule has 1 atom stereocenters. The highest BCUT2D eigenvalue weighted by Crippen LogP contribution is 2.21. The minimum Gasteiger partial charge on any atom is -0.490 e. The molecule has 3 rings (SSSR count). The third-order valence-corrected chi connectivity index (χ3v) is 4.81. The summed E-state index contributed by atoms with van der Waals surface area (Å²) >= 11 is 0. The molecule has 0 aliphatic carbocycles. The van der Waals surface area contributed by atoms with Crippen LogP contribution in [0.25, 0.3) is 0 Å². The molecule has 25 heavy (non-hydrogen) atoms. The largest absolute Gasteiger partial charge is 0.490 e. The smallest absolute Gasteiger partial charge is 0.320 e. The Morgan fingerprint density at radius 1 is 1.28 bits per heavy atom. The molecule has 6 nitrogen and oxygen atoms in total. The number of rotatable bonds is 5. The lowest BCUT2D eigenvalue weighted by Gasteiger charge is -2.33. The maximum absolute atomic E-state index is 13.6. The molecule has 0 spiro atoms. The van der Waals surface area contributed by atoms with Gasteiger partial charge in [0.15, 0.2) is 11.6 Å². The van der Waals surface area contributed by atoms with Crippen LogP contribution in [0.5, 0.6) is 5.75 Å². The van der Waals surface area contributed by atoms with Crippen molar-refractivity contribution in [1.29, 1.82) is 0 Å². The van der Waals surface area contributed by atoms with E-state index in [2.05, 4.69) is 0 Å². The number of carbonyl (C=O) groups is 2. The number of carbonyl (C=O) groups excluding carboxylic acids is 2. The van der Waals surface area contributed by atoms with Crippen molar-refractivity contribution in [2.24, 2.45) is 5.92 Å². The molecule has 136 valence electrons. The van der Waals surface area contributed by atoms with Gasteiger partial charge in [0.25, 0.3) is 0 Å². The first-order valence-corrected chi connectivity index (χ1v) is 8.69. The van der Waals surface area contributed by atoms with Crippen molar-refractivity contribution in [3.8, 4) is 5.75 Å². The summed E-state index contributed by atoms with van der Waals surface area (Å²) in [5, 5.41) is 0. The number of para-hydroxylation sites is 1. The highest BCUT2D eigenvalue weighted by atomic mass is 19.1. The van der Waals surface area contributed by atoms with E-state index in [0.29, 0.717) is 32.8 Å². The number of benzene rings is 1. The maximum atomic E-state index is 13.6. The van der Waals surface area contributed by atoms with Crippen LogP contribution in [0, 0.1) is 11.7 Å². The standard InChI is InChI=1S/C18H24FN3O3/c1-20-9-10-22(18(20)24)12-17(23)21-8-4-5-14(11-21)13-25-16-7-3-2-6-15(16)19/h2-3,6-7,14H,4-5,8-13H2,1H3. The van der Waals surface area contributed by atoms with Crippen LogP contribution < -0.4 is 4.74 Å². The Morgan fingerprint density at radius 3 is 2.80 bits per heavy atom. The molecule has 0 radical (unpaired) electrons. The number of halogens is 1. The van der Waals surface area contributed by atoms with E-state index in [9.17, 15) is 14.0 Å². The summed E-state index contributed by atoms with van der Waals surface area (Å²) in [6.07, 6.45) is 1.84. The second kappa shape index (κ2) is 7.72. The number of ether oxygens (including phenoxy) is 1. The predicted octanol–water partition coefficient (Wildman–Crippen LogP) is 1.81. The molecule has 2 heterocycles. The lowest BCUT2D eigenvalue weighted by molar-refractivity contribution is -0.133. The number of nitrogens with zero attached hydrogens (tertiary/aromatic N) is 3. The maximum Gasteiger partial charge on any atom is 0.320 e. The van der Waals surface area contributed by atoms with E-state index in [-0.39, 0.29) is 36.0 Å². The van der Waals surface area contributed by atoms with Gasteiger partial charge in [-0.3, -0.25) is 4.79 Å². The van der Waals surface area contributed by atoms with Crippen LogP contribution >= 0.6 is 0 Å². The van der Waals surface area contributed by atoms with Gasteiger partial charge in [0.05, 0.1) is 6.61 Å². The number of hydrogen-bond acceptors (Lipinski definition) is 3. The summed E-state index contributed by atoms with van der Waals surface area (Å²) in [6.45, 7) is 3.05. The molecule has 2 fully saturated rings. The molecular weight excluding hydrogens is 325 g/mol. The molecule has 1 aromatic rings.